The van der Waals surface area contributed by atoms with Gasteiger partial charge in [0.05, 0.1) is 38.6 Å². The summed E-state index contributed by atoms with van der Waals surface area (Å²) in [5, 5.41) is 3.43. The maximum atomic E-state index is 5.53. The van der Waals surface area contributed by atoms with Crippen LogP contribution in [0, 0.1) is 0 Å². The summed E-state index contributed by atoms with van der Waals surface area (Å²) in [5.41, 5.74) is 0. The smallest absolute Gasteiger partial charge is 0.0701 e. The van der Waals surface area contributed by atoms with Crippen molar-refractivity contribution in [1.82, 2.24) is 5.32 Å². The van der Waals surface area contributed by atoms with Crippen molar-refractivity contribution in [3.8, 4) is 0 Å². The van der Waals surface area contributed by atoms with Crippen molar-refractivity contribution < 1.29 is 14.2 Å². The van der Waals surface area contributed by atoms with Crippen molar-refractivity contribution in [1.29, 1.82) is 0 Å². The van der Waals surface area contributed by atoms with Gasteiger partial charge >= 0.3 is 0 Å². The molecular formula is C10H19NO3. The third-order valence-electron chi connectivity index (χ3n) is 2.67. The Hall–Kier alpha value is -0.160. The van der Waals surface area contributed by atoms with Gasteiger partial charge in [-0.3, -0.25) is 0 Å². The van der Waals surface area contributed by atoms with Crippen LogP contribution in [0.4, 0.5) is 0 Å². The van der Waals surface area contributed by atoms with Gasteiger partial charge in [0.1, 0.15) is 0 Å². The molecule has 14 heavy (non-hydrogen) atoms. The molecule has 4 nitrogen and oxygen atoms in total. The van der Waals surface area contributed by atoms with Gasteiger partial charge in [-0.25, -0.2) is 0 Å². The lowest BCUT2D eigenvalue weighted by atomic mass is 10.2. The minimum Gasteiger partial charge on any atom is -0.377 e. The molecule has 0 aliphatic carbocycles. The Kier molecular flexibility index (Phi) is 4.19. The van der Waals surface area contributed by atoms with Crippen molar-refractivity contribution >= 4 is 0 Å². The number of hydrogen-bond donors (Lipinski definition) is 1. The molecular weight excluding hydrogens is 182 g/mol. The van der Waals surface area contributed by atoms with Gasteiger partial charge in [0.15, 0.2) is 0 Å². The molecule has 2 rings (SSSR count). The van der Waals surface area contributed by atoms with Crippen molar-refractivity contribution in [3.63, 3.8) is 0 Å². The predicted molar refractivity (Wildman–Crippen MR) is 52.4 cm³/mol. The van der Waals surface area contributed by atoms with Crippen LogP contribution in [0.2, 0.25) is 0 Å². The van der Waals surface area contributed by atoms with Crippen molar-refractivity contribution in [2.45, 2.75) is 25.0 Å². The molecule has 2 heterocycles. The third kappa shape index (κ3) is 3.20. The highest BCUT2D eigenvalue weighted by Crippen LogP contribution is 2.10. The highest BCUT2D eigenvalue weighted by atomic mass is 16.5. The molecule has 0 saturated carbocycles. The monoisotopic (exact) mass is 201 g/mol. The molecule has 0 aromatic rings. The van der Waals surface area contributed by atoms with E-state index >= 15 is 0 Å². The van der Waals surface area contributed by atoms with E-state index in [1.807, 2.05) is 0 Å². The number of rotatable bonds is 3. The first-order chi connectivity index (χ1) is 6.95. The molecule has 2 aliphatic heterocycles. The van der Waals surface area contributed by atoms with Gasteiger partial charge in [-0.15, -0.1) is 0 Å². The lowest BCUT2D eigenvalue weighted by molar-refractivity contribution is 0.0956. The zero-order valence-electron chi connectivity index (χ0n) is 8.54. The molecule has 1 atom stereocenters. The van der Waals surface area contributed by atoms with E-state index in [2.05, 4.69) is 5.32 Å². The summed E-state index contributed by atoms with van der Waals surface area (Å²) in [5.74, 6) is 0. The summed E-state index contributed by atoms with van der Waals surface area (Å²) in [4.78, 5) is 0. The molecule has 2 saturated heterocycles. The zero-order chi connectivity index (χ0) is 9.64. The maximum absolute atomic E-state index is 5.53. The number of ether oxygens (including phenoxy) is 3. The summed E-state index contributed by atoms with van der Waals surface area (Å²) < 4.78 is 16.3. The van der Waals surface area contributed by atoms with Crippen LogP contribution in [0.5, 0.6) is 0 Å². The molecule has 0 amide bonds. The second-order valence-electron chi connectivity index (χ2n) is 3.89. The van der Waals surface area contributed by atoms with E-state index in [9.17, 15) is 0 Å². The van der Waals surface area contributed by atoms with Crippen LogP contribution in [0.1, 0.15) is 12.8 Å². The van der Waals surface area contributed by atoms with Gasteiger partial charge in [0.25, 0.3) is 0 Å². The van der Waals surface area contributed by atoms with Crippen LogP contribution >= 0.6 is 0 Å². The molecule has 0 radical (unpaired) electrons. The normalized spacial score (nSPS) is 30.4. The Bertz CT molecular complexity index is 151. The Morgan fingerprint density at radius 3 is 2.50 bits per heavy atom. The van der Waals surface area contributed by atoms with E-state index < -0.39 is 0 Å². The van der Waals surface area contributed by atoms with E-state index in [1.165, 1.54) is 12.8 Å². The molecule has 0 spiro atoms. The van der Waals surface area contributed by atoms with Gasteiger partial charge in [0.2, 0.25) is 0 Å². The summed E-state index contributed by atoms with van der Waals surface area (Å²) in [6.45, 7) is 4.80. The SMILES string of the molecule is C1COC(CNC2COCCOC2)C1. The van der Waals surface area contributed by atoms with Crippen LogP contribution in [0.25, 0.3) is 0 Å². The molecule has 0 bridgehead atoms. The molecule has 82 valence electrons. The molecule has 2 aliphatic rings. The fourth-order valence-corrected chi connectivity index (χ4v) is 1.84. The van der Waals surface area contributed by atoms with Gasteiger partial charge < -0.3 is 19.5 Å². The quantitative estimate of drug-likeness (QED) is 0.706. The number of nitrogens with one attached hydrogen (secondary N) is 1. The molecule has 1 N–H and O–H groups in total. The second kappa shape index (κ2) is 5.66. The first kappa shape index (κ1) is 10.4. The first-order valence-electron chi connectivity index (χ1n) is 5.45. The Morgan fingerprint density at radius 1 is 1.07 bits per heavy atom. The fourth-order valence-electron chi connectivity index (χ4n) is 1.84. The molecule has 2 fully saturated rings. The Labute approximate surface area is 84.9 Å². The van der Waals surface area contributed by atoms with Gasteiger partial charge in [-0.1, -0.05) is 0 Å². The van der Waals surface area contributed by atoms with Gasteiger partial charge in [-0.2, -0.15) is 0 Å². The Morgan fingerprint density at radius 2 is 1.86 bits per heavy atom. The minimum absolute atomic E-state index is 0.335. The number of hydrogen-bond acceptors (Lipinski definition) is 4. The van der Waals surface area contributed by atoms with Crippen molar-refractivity contribution in [2.75, 3.05) is 39.6 Å². The fraction of sp³-hybridized carbons (Fsp3) is 1.00. The summed E-state index contributed by atoms with van der Waals surface area (Å²) in [7, 11) is 0. The van der Waals surface area contributed by atoms with E-state index in [0.29, 0.717) is 12.1 Å². The topological polar surface area (TPSA) is 39.7 Å². The first-order valence-corrected chi connectivity index (χ1v) is 5.45. The van der Waals surface area contributed by atoms with E-state index in [4.69, 9.17) is 14.2 Å². The lowest BCUT2D eigenvalue weighted by Gasteiger charge is -2.17. The van der Waals surface area contributed by atoms with Crippen LogP contribution < -0.4 is 5.32 Å². The van der Waals surface area contributed by atoms with Crippen molar-refractivity contribution in [3.05, 3.63) is 0 Å². The van der Waals surface area contributed by atoms with E-state index in [-0.39, 0.29) is 0 Å². The summed E-state index contributed by atoms with van der Waals surface area (Å²) in [6.07, 6.45) is 2.78. The van der Waals surface area contributed by atoms with E-state index in [0.717, 1.165) is 39.6 Å². The molecule has 0 aromatic heterocycles. The zero-order valence-corrected chi connectivity index (χ0v) is 8.54. The average molecular weight is 201 g/mol. The lowest BCUT2D eigenvalue weighted by Crippen LogP contribution is -2.40. The third-order valence-corrected chi connectivity index (χ3v) is 2.67. The maximum Gasteiger partial charge on any atom is 0.0701 e. The minimum atomic E-state index is 0.335. The predicted octanol–water partition coefficient (Wildman–Crippen LogP) is 0.170. The molecule has 4 heteroatoms. The molecule has 1 unspecified atom stereocenters. The second-order valence-corrected chi connectivity index (χ2v) is 3.89. The summed E-state index contributed by atoms with van der Waals surface area (Å²) >= 11 is 0. The Balaban J connectivity index is 1.62. The van der Waals surface area contributed by atoms with Crippen LogP contribution in [-0.2, 0) is 14.2 Å². The van der Waals surface area contributed by atoms with Crippen LogP contribution in [0.3, 0.4) is 0 Å². The standard InChI is InChI=1S/C10H19NO3/c1-2-10(14-3-1)6-11-9-7-12-4-5-13-8-9/h9-11H,1-8H2. The highest BCUT2D eigenvalue weighted by molar-refractivity contribution is 4.73. The van der Waals surface area contributed by atoms with Gasteiger partial charge in [-0.05, 0) is 12.8 Å². The van der Waals surface area contributed by atoms with Gasteiger partial charge in [0, 0.05) is 13.2 Å². The van der Waals surface area contributed by atoms with Crippen LogP contribution in [-0.4, -0.2) is 51.7 Å². The molecule has 0 aromatic carbocycles. The van der Waals surface area contributed by atoms with Crippen molar-refractivity contribution in [2.24, 2.45) is 0 Å². The largest absolute Gasteiger partial charge is 0.377 e. The summed E-state index contributed by atoms with van der Waals surface area (Å²) in [6, 6.07) is 0.335. The highest BCUT2D eigenvalue weighted by Gasteiger charge is 2.18. The van der Waals surface area contributed by atoms with Crippen LogP contribution in [0.15, 0.2) is 0 Å². The van der Waals surface area contributed by atoms with E-state index in [1.54, 1.807) is 0 Å². The average Bonchev–Trinajstić information content (AvgIpc) is 2.58.